The molecule has 0 saturated carbocycles. The van der Waals surface area contributed by atoms with E-state index in [4.69, 9.17) is 4.74 Å². The number of rotatable bonds is 9. The van der Waals surface area contributed by atoms with Crippen LogP contribution in [-0.2, 0) is 4.74 Å². The van der Waals surface area contributed by atoms with E-state index in [9.17, 15) is 9.59 Å². The van der Waals surface area contributed by atoms with Gasteiger partial charge in [0, 0.05) is 45.6 Å². The minimum Gasteiger partial charge on any atom is -0.385 e. The van der Waals surface area contributed by atoms with Crippen molar-refractivity contribution in [3.05, 3.63) is 29.6 Å². The van der Waals surface area contributed by atoms with E-state index in [0.717, 1.165) is 19.3 Å². The molecule has 122 valence electrons. The molecule has 1 aromatic heterocycles. The van der Waals surface area contributed by atoms with Crippen LogP contribution in [0.2, 0.25) is 0 Å². The molecule has 0 atom stereocenters. The third kappa shape index (κ3) is 5.81. The third-order valence-electron chi connectivity index (χ3n) is 3.25. The van der Waals surface area contributed by atoms with E-state index in [2.05, 4.69) is 17.2 Å². The second-order valence-electron chi connectivity index (χ2n) is 5.11. The maximum absolute atomic E-state index is 12.2. The van der Waals surface area contributed by atoms with Crippen LogP contribution in [0.1, 0.15) is 47.0 Å². The van der Waals surface area contributed by atoms with Crippen LogP contribution in [0.15, 0.2) is 18.3 Å². The second-order valence-corrected chi connectivity index (χ2v) is 5.11. The van der Waals surface area contributed by atoms with Crippen LogP contribution in [0.25, 0.3) is 0 Å². The van der Waals surface area contributed by atoms with Crippen LogP contribution in [0.4, 0.5) is 0 Å². The lowest BCUT2D eigenvalue weighted by Gasteiger charge is -2.16. The van der Waals surface area contributed by atoms with Gasteiger partial charge >= 0.3 is 0 Å². The summed E-state index contributed by atoms with van der Waals surface area (Å²) >= 11 is 0. The van der Waals surface area contributed by atoms with Gasteiger partial charge in [0.25, 0.3) is 11.8 Å². The summed E-state index contributed by atoms with van der Waals surface area (Å²) in [7, 11) is 3.37. The van der Waals surface area contributed by atoms with E-state index in [0.29, 0.717) is 31.0 Å². The van der Waals surface area contributed by atoms with E-state index in [1.165, 1.54) is 12.3 Å². The molecule has 1 N–H and O–H groups in total. The summed E-state index contributed by atoms with van der Waals surface area (Å²) < 4.78 is 4.93. The van der Waals surface area contributed by atoms with Gasteiger partial charge in [-0.3, -0.25) is 14.6 Å². The molecule has 0 fully saturated rings. The number of nitrogens with zero attached hydrogens (tertiary/aromatic N) is 2. The van der Waals surface area contributed by atoms with Gasteiger partial charge in [0.05, 0.1) is 0 Å². The quantitative estimate of drug-likeness (QED) is 0.705. The number of hydrogen-bond donors (Lipinski definition) is 1. The number of carbonyl (C=O) groups excluding carboxylic acids is 2. The maximum Gasteiger partial charge on any atom is 0.272 e. The SMILES string of the molecule is CCCCN(C)C(=O)c1cc(C(=O)NCCCOC)ccn1. The van der Waals surface area contributed by atoms with E-state index in [-0.39, 0.29) is 11.8 Å². The van der Waals surface area contributed by atoms with E-state index in [1.54, 1.807) is 25.1 Å². The predicted octanol–water partition coefficient (Wildman–Crippen LogP) is 1.72. The lowest BCUT2D eigenvalue weighted by Crippen LogP contribution is -2.29. The fourth-order valence-corrected chi connectivity index (χ4v) is 1.90. The fraction of sp³-hybridized carbons (Fsp3) is 0.562. The van der Waals surface area contributed by atoms with Crippen molar-refractivity contribution < 1.29 is 14.3 Å². The Morgan fingerprint density at radius 1 is 1.36 bits per heavy atom. The predicted molar refractivity (Wildman–Crippen MR) is 84.9 cm³/mol. The number of nitrogens with one attached hydrogen (secondary N) is 1. The normalized spacial score (nSPS) is 10.3. The molecule has 0 spiro atoms. The molecule has 2 amide bonds. The summed E-state index contributed by atoms with van der Waals surface area (Å²) in [6, 6.07) is 3.14. The Hall–Kier alpha value is -1.95. The van der Waals surface area contributed by atoms with Crippen LogP contribution in [0.5, 0.6) is 0 Å². The summed E-state index contributed by atoms with van der Waals surface area (Å²) in [6.45, 7) is 3.90. The molecule has 0 aliphatic carbocycles. The van der Waals surface area contributed by atoms with E-state index in [1.807, 2.05) is 0 Å². The Morgan fingerprint density at radius 3 is 2.82 bits per heavy atom. The summed E-state index contributed by atoms with van der Waals surface area (Å²) in [5, 5.41) is 2.79. The molecular formula is C16H25N3O3. The molecule has 0 aromatic carbocycles. The van der Waals surface area contributed by atoms with Gasteiger partial charge in [-0.15, -0.1) is 0 Å². The van der Waals surface area contributed by atoms with Crippen molar-refractivity contribution in [1.82, 2.24) is 15.2 Å². The minimum absolute atomic E-state index is 0.164. The molecule has 0 radical (unpaired) electrons. The van der Waals surface area contributed by atoms with Crippen molar-refractivity contribution >= 4 is 11.8 Å². The molecule has 1 rings (SSSR count). The Bertz CT molecular complexity index is 491. The number of methoxy groups -OCH3 is 1. The van der Waals surface area contributed by atoms with Crippen LogP contribution < -0.4 is 5.32 Å². The zero-order valence-electron chi connectivity index (χ0n) is 13.6. The molecule has 0 unspecified atom stereocenters. The largest absolute Gasteiger partial charge is 0.385 e. The summed E-state index contributed by atoms with van der Waals surface area (Å²) in [6.07, 6.45) is 4.21. The average molecular weight is 307 g/mol. The Balaban J connectivity index is 2.64. The number of ether oxygens (including phenoxy) is 1. The number of aromatic nitrogens is 1. The van der Waals surface area contributed by atoms with Crippen LogP contribution >= 0.6 is 0 Å². The van der Waals surface area contributed by atoms with Gasteiger partial charge in [0.1, 0.15) is 5.69 Å². The Labute approximate surface area is 131 Å². The standard InChI is InChI=1S/C16H25N3O3/c1-4-5-10-19(2)16(21)14-12-13(7-9-17-14)15(20)18-8-6-11-22-3/h7,9,12H,4-6,8,10-11H2,1-3H3,(H,18,20). The molecule has 6 nitrogen and oxygen atoms in total. The molecule has 0 bridgehead atoms. The highest BCUT2D eigenvalue weighted by Gasteiger charge is 2.15. The number of carbonyl (C=O) groups is 2. The van der Waals surface area contributed by atoms with E-state index < -0.39 is 0 Å². The van der Waals surface area contributed by atoms with Crippen molar-refractivity contribution in [3.63, 3.8) is 0 Å². The second kappa shape index (κ2) is 9.89. The highest BCUT2D eigenvalue weighted by molar-refractivity contribution is 5.98. The highest BCUT2D eigenvalue weighted by atomic mass is 16.5. The molecule has 1 heterocycles. The van der Waals surface area contributed by atoms with Gasteiger partial charge in [-0.1, -0.05) is 13.3 Å². The van der Waals surface area contributed by atoms with E-state index >= 15 is 0 Å². The number of hydrogen-bond acceptors (Lipinski definition) is 4. The van der Waals surface area contributed by atoms with Gasteiger partial charge in [-0.05, 0) is 25.0 Å². The zero-order valence-corrected chi connectivity index (χ0v) is 13.6. The molecule has 0 aliphatic heterocycles. The molecule has 22 heavy (non-hydrogen) atoms. The first-order valence-electron chi connectivity index (χ1n) is 7.58. The minimum atomic E-state index is -0.205. The molecular weight excluding hydrogens is 282 g/mol. The van der Waals surface area contributed by atoms with Crippen molar-refractivity contribution in [1.29, 1.82) is 0 Å². The van der Waals surface area contributed by atoms with Crippen molar-refractivity contribution in [2.45, 2.75) is 26.2 Å². The van der Waals surface area contributed by atoms with Gasteiger partial charge in [-0.25, -0.2) is 0 Å². The van der Waals surface area contributed by atoms with Gasteiger partial charge in [0.15, 0.2) is 0 Å². The van der Waals surface area contributed by atoms with Gasteiger partial charge in [0.2, 0.25) is 0 Å². The maximum atomic E-state index is 12.2. The fourth-order valence-electron chi connectivity index (χ4n) is 1.90. The Morgan fingerprint density at radius 2 is 2.14 bits per heavy atom. The summed E-state index contributed by atoms with van der Waals surface area (Å²) in [4.78, 5) is 30.0. The lowest BCUT2D eigenvalue weighted by molar-refractivity contribution is 0.0787. The van der Waals surface area contributed by atoms with Crippen LogP contribution in [0, 0.1) is 0 Å². The lowest BCUT2D eigenvalue weighted by atomic mass is 10.2. The number of unbranched alkanes of at least 4 members (excludes halogenated alkanes) is 1. The molecule has 0 aliphatic rings. The zero-order chi connectivity index (χ0) is 16.4. The first kappa shape index (κ1) is 18.1. The topological polar surface area (TPSA) is 71.5 Å². The summed E-state index contributed by atoms with van der Waals surface area (Å²) in [5.74, 6) is -0.369. The van der Waals surface area contributed by atoms with Crippen molar-refractivity contribution in [2.24, 2.45) is 0 Å². The average Bonchev–Trinajstić information content (AvgIpc) is 2.55. The first-order chi connectivity index (χ1) is 10.6. The molecule has 0 saturated heterocycles. The highest BCUT2D eigenvalue weighted by Crippen LogP contribution is 2.06. The van der Waals surface area contributed by atoms with Gasteiger partial charge in [-0.2, -0.15) is 0 Å². The van der Waals surface area contributed by atoms with Crippen molar-refractivity contribution in [2.75, 3.05) is 33.9 Å². The third-order valence-corrected chi connectivity index (χ3v) is 3.25. The number of amides is 2. The monoisotopic (exact) mass is 307 g/mol. The van der Waals surface area contributed by atoms with Crippen LogP contribution in [0.3, 0.4) is 0 Å². The van der Waals surface area contributed by atoms with Crippen molar-refractivity contribution in [3.8, 4) is 0 Å². The van der Waals surface area contributed by atoms with Crippen LogP contribution in [-0.4, -0.2) is 55.6 Å². The molecule has 6 heteroatoms. The first-order valence-corrected chi connectivity index (χ1v) is 7.58. The van der Waals surface area contributed by atoms with Gasteiger partial charge < -0.3 is 15.0 Å². The summed E-state index contributed by atoms with van der Waals surface area (Å²) in [5.41, 5.74) is 0.739. The number of pyridine rings is 1. The Kier molecular flexibility index (Phi) is 8.14. The smallest absolute Gasteiger partial charge is 0.272 e. The molecule has 1 aromatic rings.